The zero-order valence-corrected chi connectivity index (χ0v) is 16.3. The Morgan fingerprint density at radius 2 is 1.93 bits per heavy atom. The third kappa shape index (κ3) is 6.56. The zero-order chi connectivity index (χ0) is 19.6. The Morgan fingerprint density at radius 1 is 1.15 bits per heavy atom. The maximum Gasteiger partial charge on any atom is 0.305 e. The number of unbranched alkanes of at least 4 members (excludes halogenated alkanes) is 3. The molecule has 2 amide bonds. The number of furan rings is 1. The Hall–Kier alpha value is -2.61. The van der Waals surface area contributed by atoms with Gasteiger partial charge in [0.1, 0.15) is 0 Å². The van der Waals surface area contributed by atoms with Crippen LogP contribution in [0.5, 0.6) is 0 Å². The molecule has 0 spiro atoms. The number of thiophene rings is 1. The summed E-state index contributed by atoms with van der Waals surface area (Å²) < 4.78 is 9.64. The number of esters is 1. The summed E-state index contributed by atoms with van der Waals surface area (Å²) in [6.45, 7) is 2.41. The molecule has 7 nitrogen and oxygen atoms in total. The van der Waals surface area contributed by atoms with Gasteiger partial charge in [0.05, 0.1) is 23.3 Å². The average molecular weight is 392 g/mol. The van der Waals surface area contributed by atoms with Gasteiger partial charge in [0.2, 0.25) is 0 Å². The van der Waals surface area contributed by atoms with Crippen molar-refractivity contribution in [3.05, 3.63) is 40.7 Å². The quantitative estimate of drug-likeness (QED) is 0.474. The van der Waals surface area contributed by atoms with Gasteiger partial charge in [-0.15, -0.1) is 11.3 Å². The van der Waals surface area contributed by atoms with Gasteiger partial charge in [-0.05, 0) is 43.5 Å². The van der Waals surface area contributed by atoms with Crippen molar-refractivity contribution in [1.29, 1.82) is 0 Å². The monoisotopic (exact) mass is 392 g/mol. The van der Waals surface area contributed by atoms with E-state index in [0.29, 0.717) is 22.8 Å². The number of hydrogen-bond acceptors (Lipinski definition) is 6. The molecule has 27 heavy (non-hydrogen) atoms. The fraction of sp³-hybridized carbons (Fsp3) is 0.421. The van der Waals surface area contributed by atoms with E-state index in [4.69, 9.17) is 4.42 Å². The lowest BCUT2D eigenvalue weighted by Crippen LogP contribution is -2.24. The second kappa shape index (κ2) is 10.5. The highest BCUT2D eigenvalue weighted by Crippen LogP contribution is 2.27. The second-order valence-electron chi connectivity index (χ2n) is 6.05. The number of carbonyl (C=O) groups excluding carboxylic acids is 3. The average Bonchev–Trinajstić information content (AvgIpc) is 3.30. The van der Waals surface area contributed by atoms with E-state index < -0.39 is 0 Å². The molecule has 2 aromatic heterocycles. The summed E-state index contributed by atoms with van der Waals surface area (Å²) in [4.78, 5) is 35.9. The van der Waals surface area contributed by atoms with Crippen LogP contribution in [0.15, 0.2) is 28.9 Å². The van der Waals surface area contributed by atoms with E-state index >= 15 is 0 Å². The van der Waals surface area contributed by atoms with E-state index in [-0.39, 0.29) is 23.5 Å². The number of anilines is 1. The van der Waals surface area contributed by atoms with Crippen molar-refractivity contribution in [1.82, 2.24) is 5.32 Å². The predicted octanol–water partition coefficient (Wildman–Crippen LogP) is 3.76. The maximum absolute atomic E-state index is 12.3. The molecule has 0 bridgehead atoms. The Kier molecular flexibility index (Phi) is 8.06. The molecule has 8 heteroatoms. The summed E-state index contributed by atoms with van der Waals surface area (Å²) in [6.07, 6.45) is 5.37. The highest BCUT2D eigenvalue weighted by molar-refractivity contribution is 7.18. The van der Waals surface area contributed by atoms with Crippen LogP contribution in [0.4, 0.5) is 5.00 Å². The van der Waals surface area contributed by atoms with Crippen molar-refractivity contribution in [2.75, 3.05) is 19.0 Å². The SMILES string of the molecule is COC(=O)CCCCCCNC(=O)c1sc(NC(=O)c2ccco2)cc1C. The standard InChI is InChI=1S/C19H24N2O5S/c1-13-12-15(21-18(23)14-8-7-11-26-14)27-17(13)19(24)20-10-6-4-3-5-9-16(22)25-2/h7-8,11-12H,3-6,9-10H2,1-2H3,(H,20,24)(H,21,23). The van der Waals surface area contributed by atoms with Gasteiger partial charge >= 0.3 is 5.97 Å². The Bertz CT molecular complexity index is 767. The highest BCUT2D eigenvalue weighted by atomic mass is 32.1. The van der Waals surface area contributed by atoms with Crippen molar-refractivity contribution in [3.63, 3.8) is 0 Å². The number of hydrogen-bond donors (Lipinski definition) is 2. The molecule has 0 aliphatic carbocycles. The van der Waals surface area contributed by atoms with Crippen molar-refractivity contribution in [3.8, 4) is 0 Å². The van der Waals surface area contributed by atoms with Crippen LogP contribution in [0, 0.1) is 6.92 Å². The Morgan fingerprint density at radius 3 is 2.63 bits per heavy atom. The van der Waals surface area contributed by atoms with E-state index in [1.54, 1.807) is 18.2 Å². The van der Waals surface area contributed by atoms with E-state index in [0.717, 1.165) is 31.2 Å². The lowest BCUT2D eigenvalue weighted by Gasteiger charge is -2.04. The fourth-order valence-electron chi connectivity index (χ4n) is 2.48. The smallest absolute Gasteiger partial charge is 0.305 e. The lowest BCUT2D eigenvalue weighted by molar-refractivity contribution is -0.140. The van der Waals surface area contributed by atoms with Gasteiger partial charge in [-0.25, -0.2) is 0 Å². The van der Waals surface area contributed by atoms with Gasteiger partial charge in [-0.3, -0.25) is 14.4 Å². The van der Waals surface area contributed by atoms with Crippen molar-refractivity contribution in [2.45, 2.75) is 39.0 Å². The number of amides is 2. The van der Waals surface area contributed by atoms with Gasteiger partial charge < -0.3 is 19.8 Å². The van der Waals surface area contributed by atoms with E-state index in [2.05, 4.69) is 15.4 Å². The molecule has 0 aliphatic rings. The molecular weight excluding hydrogens is 368 g/mol. The fourth-order valence-corrected chi connectivity index (χ4v) is 3.47. The first-order chi connectivity index (χ1) is 13.0. The van der Waals surface area contributed by atoms with E-state index in [1.165, 1.54) is 24.7 Å². The third-order valence-electron chi connectivity index (χ3n) is 3.93. The van der Waals surface area contributed by atoms with Gasteiger partial charge in [0.15, 0.2) is 5.76 Å². The van der Waals surface area contributed by atoms with Crippen LogP contribution in [-0.2, 0) is 9.53 Å². The van der Waals surface area contributed by atoms with Crippen LogP contribution in [0.2, 0.25) is 0 Å². The molecule has 0 saturated carbocycles. The van der Waals surface area contributed by atoms with E-state index in [1.807, 2.05) is 6.92 Å². The zero-order valence-electron chi connectivity index (χ0n) is 15.5. The molecule has 0 aromatic carbocycles. The minimum Gasteiger partial charge on any atom is -0.469 e. The van der Waals surface area contributed by atoms with Crippen molar-refractivity contribution >= 4 is 34.1 Å². The molecule has 0 fully saturated rings. The van der Waals surface area contributed by atoms with Gasteiger partial charge in [0, 0.05) is 13.0 Å². The second-order valence-corrected chi connectivity index (χ2v) is 7.10. The van der Waals surface area contributed by atoms with Crippen LogP contribution < -0.4 is 10.6 Å². The molecule has 2 N–H and O–H groups in total. The van der Waals surface area contributed by atoms with Gasteiger partial charge in [0.25, 0.3) is 11.8 Å². The number of rotatable bonds is 10. The predicted molar refractivity (Wildman–Crippen MR) is 103 cm³/mol. The summed E-state index contributed by atoms with van der Waals surface area (Å²) in [5, 5.41) is 6.23. The topological polar surface area (TPSA) is 97.6 Å². The van der Waals surface area contributed by atoms with Crippen LogP contribution >= 0.6 is 11.3 Å². The number of methoxy groups -OCH3 is 1. The number of carbonyl (C=O) groups is 3. The van der Waals surface area contributed by atoms with Gasteiger partial charge in [-0.2, -0.15) is 0 Å². The van der Waals surface area contributed by atoms with Gasteiger partial charge in [-0.1, -0.05) is 12.8 Å². The molecule has 0 radical (unpaired) electrons. The molecule has 0 aliphatic heterocycles. The molecule has 2 aromatic rings. The molecule has 0 atom stereocenters. The minimum atomic E-state index is -0.347. The van der Waals surface area contributed by atoms with Crippen molar-refractivity contribution in [2.24, 2.45) is 0 Å². The first-order valence-electron chi connectivity index (χ1n) is 8.81. The maximum atomic E-state index is 12.3. The molecule has 2 heterocycles. The molecule has 146 valence electrons. The Balaban J connectivity index is 1.72. The normalized spacial score (nSPS) is 10.4. The lowest BCUT2D eigenvalue weighted by atomic mass is 10.1. The number of ether oxygens (including phenoxy) is 1. The van der Waals surface area contributed by atoms with Crippen LogP contribution in [0.25, 0.3) is 0 Å². The minimum absolute atomic E-state index is 0.148. The third-order valence-corrected chi connectivity index (χ3v) is 5.08. The summed E-state index contributed by atoms with van der Waals surface area (Å²) in [7, 11) is 1.39. The summed E-state index contributed by atoms with van der Waals surface area (Å²) >= 11 is 1.23. The first kappa shape index (κ1) is 20.7. The van der Waals surface area contributed by atoms with Crippen molar-refractivity contribution < 1.29 is 23.5 Å². The number of aryl methyl sites for hydroxylation is 1. The summed E-state index contributed by atoms with van der Waals surface area (Å²) in [5.41, 5.74) is 0.810. The molecule has 0 unspecified atom stereocenters. The number of nitrogens with one attached hydrogen (secondary N) is 2. The van der Waals surface area contributed by atoms with Crippen LogP contribution in [-0.4, -0.2) is 31.4 Å². The largest absolute Gasteiger partial charge is 0.469 e. The first-order valence-corrected chi connectivity index (χ1v) is 9.63. The van der Waals surface area contributed by atoms with Crippen LogP contribution in [0.1, 0.15) is 57.9 Å². The highest BCUT2D eigenvalue weighted by Gasteiger charge is 2.16. The van der Waals surface area contributed by atoms with E-state index in [9.17, 15) is 14.4 Å². The summed E-state index contributed by atoms with van der Waals surface area (Å²) in [6, 6.07) is 4.99. The molecule has 0 saturated heterocycles. The Labute approximate surface area is 162 Å². The molecular formula is C19H24N2O5S. The van der Waals surface area contributed by atoms with Crippen LogP contribution in [0.3, 0.4) is 0 Å². The molecule has 2 rings (SSSR count). The summed E-state index contributed by atoms with van der Waals surface area (Å²) in [5.74, 6) is -0.462.